The van der Waals surface area contributed by atoms with E-state index in [9.17, 15) is 8.78 Å². The Bertz CT molecular complexity index is 1270. The van der Waals surface area contributed by atoms with Gasteiger partial charge in [0.15, 0.2) is 0 Å². The molecule has 0 saturated carbocycles. The minimum absolute atomic E-state index is 0.322. The largest absolute Gasteiger partial charge is 0.391 e. The Morgan fingerprint density at radius 2 is 1.59 bits per heavy atom. The van der Waals surface area contributed by atoms with Gasteiger partial charge in [-0.25, -0.2) is 8.78 Å². The van der Waals surface area contributed by atoms with Crippen LogP contribution in [0.3, 0.4) is 0 Å². The van der Waals surface area contributed by atoms with Crippen molar-refractivity contribution >= 4 is 5.71 Å². The first kappa shape index (κ1) is 21.5. The normalized spacial score (nSPS) is 11.6. The summed E-state index contributed by atoms with van der Waals surface area (Å²) in [6.07, 6.45) is 0. The molecule has 0 aliphatic heterocycles. The third-order valence-corrected chi connectivity index (χ3v) is 5.55. The maximum absolute atomic E-state index is 14.7. The second kappa shape index (κ2) is 9.18. The van der Waals surface area contributed by atoms with Gasteiger partial charge in [-0.3, -0.25) is 0 Å². The highest BCUT2D eigenvalue weighted by atomic mass is 19.1. The molecule has 4 aromatic rings. The third-order valence-electron chi connectivity index (χ3n) is 5.55. The highest BCUT2D eigenvalue weighted by Gasteiger charge is 2.19. The molecule has 0 atom stereocenters. The Morgan fingerprint density at radius 3 is 2.31 bits per heavy atom. The van der Waals surface area contributed by atoms with E-state index in [0.717, 1.165) is 33.6 Å². The lowest BCUT2D eigenvalue weighted by atomic mass is 10.1. The van der Waals surface area contributed by atoms with Crippen molar-refractivity contribution < 1.29 is 13.6 Å². The van der Waals surface area contributed by atoms with Crippen LogP contribution < -0.4 is 0 Å². The molecule has 0 spiro atoms. The van der Waals surface area contributed by atoms with Crippen molar-refractivity contribution in [2.75, 3.05) is 0 Å². The second-order valence-electron chi connectivity index (χ2n) is 7.70. The molecule has 3 nitrogen and oxygen atoms in total. The molecule has 5 heteroatoms. The number of aryl methyl sites for hydroxylation is 1. The van der Waals surface area contributed by atoms with Gasteiger partial charge in [-0.15, -0.1) is 0 Å². The van der Waals surface area contributed by atoms with Crippen molar-refractivity contribution in [2.45, 2.75) is 27.4 Å². The maximum atomic E-state index is 14.7. The van der Waals surface area contributed by atoms with Gasteiger partial charge < -0.3 is 9.40 Å². The van der Waals surface area contributed by atoms with Gasteiger partial charge in [-0.1, -0.05) is 41.6 Å². The Morgan fingerprint density at radius 1 is 0.906 bits per heavy atom. The van der Waals surface area contributed by atoms with Gasteiger partial charge in [0.2, 0.25) is 0 Å². The molecular formula is C27H24F2N2O. The van der Waals surface area contributed by atoms with Crippen LogP contribution in [-0.4, -0.2) is 10.3 Å². The summed E-state index contributed by atoms with van der Waals surface area (Å²) < 4.78 is 30.1. The minimum atomic E-state index is -0.341. The molecule has 0 saturated heterocycles. The van der Waals surface area contributed by atoms with Crippen molar-refractivity contribution in [1.29, 1.82) is 0 Å². The van der Waals surface area contributed by atoms with Crippen molar-refractivity contribution in [2.24, 2.45) is 5.16 Å². The zero-order chi connectivity index (χ0) is 22.7. The monoisotopic (exact) mass is 430 g/mol. The van der Waals surface area contributed by atoms with Crippen LogP contribution in [0.25, 0.3) is 16.9 Å². The van der Waals surface area contributed by atoms with E-state index in [1.165, 1.54) is 18.2 Å². The van der Waals surface area contributed by atoms with Gasteiger partial charge in [-0.05, 0) is 79.9 Å². The lowest BCUT2D eigenvalue weighted by Crippen LogP contribution is -2.04. The van der Waals surface area contributed by atoms with E-state index in [0.29, 0.717) is 18.0 Å². The van der Waals surface area contributed by atoms with Crippen LogP contribution in [0.4, 0.5) is 8.78 Å². The smallest absolute Gasteiger partial charge is 0.147 e. The predicted molar refractivity (Wildman–Crippen MR) is 124 cm³/mol. The van der Waals surface area contributed by atoms with E-state index in [1.807, 2.05) is 55.7 Å². The molecule has 0 unspecified atom stereocenters. The first-order chi connectivity index (χ1) is 15.5. The lowest BCUT2D eigenvalue weighted by Gasteiger charge is -2.13. The van der Waals surface area contributed by atoms with Crippen LogP contribution >= 0.6 is 0 Å². The van der Waals surface area contributed by atoms with E-state index >= 15 is 0 Å². The number of hydrogen-bond acceptors (Lipinski definition) is 2. The number of aromatic nitrogens is 1. The van der Waals surface area contributed by atoms with E-state index < -0.39 is 0 Å². The first-order valence-corrected chi connectivity index (χ1v) is 10.4. The number of oxime groups is 1. The molecule has 0 aliphatic carbocycles. The second-order valence-corrected chi connectivity index (χ2v) is 7.70. The summed E-state index contributed by atoms with van der Waals surface area (Å²) in [6.45, 7) is 6.17. The summed E-state index contributed by atoms with van der Waals surface area (Å²) in [4.78, 5) is 5.63. The molecule has 0 aliphatic rings. The van der Waals surface area contributed by atoms with Crippen molar-refractivity contribution in [3.8, 4) is 16.9 Å². The van der Waals surface area contributed by atoms with Crippen LogP contribution in [0.2, 0.25) is 0 Å². The summed E-state index contributed by atoms with van der Waals surface area (Å²) in [6, 6.07) is 22.7. The lowest BCUT2D eigenvalue weighted by molar-refractivity contribution is 0.130. The molecule has 0 N–H and O–H groups in total. The predicted octanol–water partition coefficient (Wildman–Crippen LogP) is 6.98. The minimum Gasteiger partial charge on any atom is -0.391 e. The fourth-order valence-electron chi connectivity index (χ4n) is 3.77. The number of rotatable bonds is 6. The number of benzene rings is 3. The van der Waals surface area contributed by atoms with Crippen molar-refractivity contribution in [3.05, 3.63) is 113 Å². The molecule has 1 heterocycles. The first-order valence-electron chi connectivity index (χ1n) is 10.4. The van der Waals surface area contributed by atoms with Gasteiger partial charge in [0, 0.05) is 11.3 Å². The quantitative estimate of drug-likeness (QED) is 0.239. The van der Waals surface area contributed by atoms with Crippen LogP contribution in [0, 0.1) is 25.5 Å². The van der Waals surface area contributed by atoms with Crippen LogP contribution in [0.5, 0.6) is 0 Å². The number of nitrogens with zero attached hydrogens (tertiary/aromatic N) is 2. The topological polar surface area (TPSA) is 26.5 Å². The summed E-state index contributed by atoms with van der Waals surface area (Å²) in [5.41, 5.74) is 6.47. The van der Waals surface area contributed by atoms with E-state index in [1.54, 1.807) is 30.3 Å². The maximum Gasteiger partial charge on any atom is 0.147 e. The van der Waals surface area contributed by atoms with Gasteiger partial charge in [0.25, 0.3) is 0 Å². The van der Waals surface area contributed by atoms with E-state index in [-0.39, 0.29) is 11.6 Å². The van der Waals surface area contributed by atoms with Gasteiger partial charge in [0.1, 0.15) is 18.2 Å². The average Bonchev–Trinajstić information content (AvgIpc) is 3.13. The summed E-state index contributed by atoms with van der Waals surface area (Å²) >= 11 is 0. The third kappa shape index (κ3) is 4.33. The summed E-state index contributed by atoms with van der Waals surface area (Å²) in [5, 5.41) is 4.32. The molecule has 0 bridgehead atoms. The average molecular weight is 430 g/mol. The zero-order valence-corrected chi connectivity index (χ0v) is 18.3. The number of para-hydroxylation sites is 1. The van der Waals surface area contributed by atoms with E-state index in [4.69, 9.17) is 4.84 Å². The fraction of sp³-hybridized carbons (Fsp3) is 0.148. The molecule has 162 valence electrons. The van der Waals surface area contributed by atoms with Crippen LogP contribution in [-0.2, 0) is 11.4 Å². The molecule has 1 aromatic heterocycles. The number of hydrogen-bond donors (Lipinski definition) is 0. The van der Waals surface area contributed by atoms with Gasteiger partial charge >= 0.3 is 0 Å². The van der Waals surface area contributed by atoms with Gasteiger partial charge in [0.05, 0.1) is 17.1 Å². The molecule has 3 aromatic carbocycles. The number of halogens is 2. The highest BCUT2D eigenvalue weighted by Crippen LogP contribution is 2.31. The Labute approximate surface area is 186 Å². The van der Waals surface area contributed by atoms with Crippen molar-refractivity contribution in [3.63, 3.8) is 0 Å². The Hall–Kier alpha value is -3.73. The molecule has 0 fully saturated rings. The Balaban J connectivity index is 1.74. The van der Waals surface area contributed by atoms with Gasteiger partial charge in [-0.2, -0.15) is 0 Å². The molecular weight excluding hydrogens is 406 g/mol. The van der Waals surface area contributed by atoms with Crippen LogP contribution in [0.15, 0.2) is 84.0 Å². The molecule has 0 radical (unpaired) electrons. The molecule has 0 amide bonds. The summed E-state index contributed by atoms with van der Waals surface area (Å²) in [7, 11) is 0. The van der Waals surface area contributed by atoms with Crippen LogP contribution in [0.1, 0.15) is 29.3 Å². The zero-order valence-electron chi connectivity index (χ0n) is 18.3. The van der Waals surface area contributed by atoms with Crippen molar-refractivity contribution in [1.82, 2.24) is 4.57 Å². The summed E-state index contributed by atoms with van der Waals surface area (Å²) in [5.74, 6) is -0.663. The highest BCUT2D eigenvalue weighted by molar-refractivity contribution is 6.01. The SMILES string of the molecule is CC(=NOCc1ccccc1C)c1cc(-c2ccc(F)cc2)n(-c2ccccc2F)c1C. The van der Waals surface area contributed by atoms with E-state index in [2.05, 4.69) is 5.16 Å². The standard InChI is InChI=1S/C27H24F2N2O/c1-18-8-4-5-9-22(18)17-32-30-19(2)24-16-27(21-12-14-23(28)15-13-21)31(20(24)3)26-11-7-6-10-25(26)29/h4-16H,17H2,1-3H3. The molecule has 4 rings (SSSR count). The fourth-order valence-corrected chi connectivity index (χ4v) is 3.77. The molecule has 32 heavy (non-hydrogen) atoms. The Kier molecular flexibility index (Phi) is 6.17.